The molecule has 0 radical (unpaired) electrons. The third kappa shape index (κ3) is 2.16. The highest BCUT2D eigenvalue weighted by molar-refractivity contribution is 6.35. The summed E-state index contributed by atoms with van der Waals surface area (Å²) < 4.78 is 8.49. The minimum atomic E-state index is 0.609. The Balaban J connectivity index is 1.85. The van der Waals surface area contributed by atoms with Crippen LogP contribution in [0.2, 0.25) is 10.0 Å². The molecule has 0 amide bonds. The van der Waals surface area contributed by atoms with E-state index in [1.807, 2.05) is 36.4 Å². The van der Waals surface area contributed by atoms with Gasteiger partial charge < -0.3 is 8.98 Å². The Bertz CT molecular complexity index is 1520. The summed E-state index contributed by atoms with van der Waals surface area (Å²) in [5.41, 5.74) is 4.88. The van der Waals surface area contributed by atoms with Gasteiger partial charge in [-0.3, -0.25) is 0 Å². The van der Waals surface area contributed by atoms with E-state index in [-0.39, 0.29) is 0 Å². The van der Waals surface area contributed by atoms with Crippen molar-refractivity contribution in [3.05, 3.63) is 88.9 Å². The van der Waals surface area contributed by atoms with E-state index in [1.54, 1.807) is 6.07 Å². The number of benzene rings is 4. The van der Waals surface area contributed by atoms with Crippen LogP contribution in [0.25, 0.3) is 49.4 Å². The molecule has 4 heteroatoms. The molecule has 0 atom stereocenters. The molecule has 0 saturated carbocycles. The van der Waals surface area contributed by atoms with Gasteiger partial charge in [0, 0.05) is 31.9 Å². The molecule has 2 nitrogen and oxygen atoms in total. The van der Waals surface area contributed by atoms with E-state index in [0.717, 1.165) is 49.4 Å². The lowest BCUT2D eigenvalue weighted by molar-refractivity contribution is 0.673. The summed E-state index contributed by atoms with van der Waals surface area (Å²) in [5, 5.41) is 5.70. The first-order valence-corrected chi connectivity index (χ1v) is 9.76. The molecule has 0 aliphatic carbocycles. The molecule has 0 N–H and O–H groups in total. The van der Waals surface area contributed by atoms with Crippen molar-refractivity contribution in [2.45, 2.75) is 0 Å². The van der Waals surface area contributed by atoms with Crippen molar-refractivity contribution in [1.29, 1.82) is 0 Å². The second kappa shape index (κ2) is 5.78. The second-order valence-corrected chi connectivity index (χ2v) is 7.79. The highest BCUT2D eigenvalue weighted by Gasteiger charge is 2.18. The molecular weight excluding hydrogens is 389 g/mol. The molecule has 2 heterocycles. The zero-order valence-electron chi connectivity index (χ0n) is 14.6. The van der Waals surface area contributed by atoms with Gasteiger partial charge in [-0.25, -0.2) is 0 Å². The largest absolute Gasteiger partial charge is 0.455 e. The number of hydrogen-bond acceptors (Lipinski definition) is 1. The summed E-state index contributed by atoms with van der Waals surface area (Å²) in [5.74, 6) is 0. The number of aromatic nitrogens is 1. The molecule has 4 aromatic carbocycles. The summed E-state index contributed by atoms with van der Waals surface area (Å²) in [6.07, 6.45) is 0. The molecule has 6 aromatic rings. The fourth-order valence-electron chi connectivity index (χ4n) is 4.18. The number of hydrogen-bond donors (Lipinski definition) is 0. The van der Waals surface area contributed by atoms with Crippen LogP contribution in [-0.2, 0) is 0 Å². The Morgan fingerprint density at radius 1 is 0.643 bits per heavy atom. The van der Waals surface area contributed by atoms with E-state index in [4.69, 9.17) is 27.6 Å². The maximum Gasteiger partial charge on any atom is 0.145 e. The van der Waals surface area contributed by atoms with Gasteiger partial charge in [0.05, 0.1) is 16.4 Å². The van der Waals surface area contributed by atoms with Gasteiger partial charge in [-0.15, -0.1) is 0 Å². The highest BCUT2D eigenvalue weighted by atomic mass is 35.5. The summed E-state index contributed by atoms with van der Waals surface area (Å²) >= 11 is 12.6. The zero-order valence-corrected chi connectivity index (χ0v) is 16.1. The van der Waals surface area contributed by atoms with Crippen molar-refractivity contribution in [3.63, 3.8) is 0 Å². The van der Waals surface area contributed by atoms with Gasteiger partial charge in [0.15, 0.2) is 0 Å². The minimum Gasteiger partial charge on any atom is -0.455 e. The molecular formula is C24H13Cl2NO. The van der Waals surface area contributed by atoms with Gasteiger partial charge in [0.1, 0.15) is 11.2 Å². The minimum absolute atomic E-state index is 0.609. The first kappa shape index (κ1) is 16.1. The van der Waals surface area contributed by atoms with E-state index in [1.165, 1.54) is 0 Å². The molecule has 0 aliphatic rings. The predicted octanol–water partition coefficient (Wildman–Crippen LogP) is 7.99. The Morgan fingerprint density at radius 3 is 2.18 bits per heavy atom. The van der Waals surface area contributed by atoms with Crippen molar-refractivity contribution >= 4 is 66.9 Å². The van der Waals surface area contributed by atoms with E-state index in [0.29, 0.717) is 10.0 Å². The van der Waals surface area contributed by atoms with Crippen LogP contribution in [0.4, 0.5) is 0 Å². The van der Waals surface area contributed by atoms with Gasteiger partial charge in [0.2, 0.25) is 0 Å². The van der Waals surface area contributed by atoms with Crippen LogP contribution < -0.4 is 0 Å². The van der Waals surface area contributed by atoms with Crippen molar-refractivity contribution < 1.29 is 4.42 Å². The molecule has 28 heavy (non-hydrogen) atoms. The van der Waals surface area contributed by atoms with Gasteiger partial charge in [-0.1, -0.05) is 59.6 Å². The van der Waals surface area contributed by atoms with Gasteiger partial charge >= 0.3 is 0 Å². The number of fused-ring (bicyclic) bond motifs is 7. The summed E-state index contributed by atoms with van der Waals surface area (Å²) in [7, 11) is 0. The SMILES string of the molecule is Clc1cc(Cl)cc(-n2c3ccccc3c3c4oc5ccccc5c4ccc32)c1. The molecule has 2 aromatic heterocycles. The summed E-state index contributed by atoms with van der Waals surface area (Å²) in [4.78, 5) is 0. The van der Waals surface area contributed by atoms with E-state index >= 15 is 0 Å². The van der Waals surface area contributed by atoms with Crippen molar-refractivity contribution in [2.24, 2.45) is 0 Å². The Morgan fingerprint density at radius 2 is 1.36 bits per heavy atom. The van der Waals surface area contributed by atoms with Crippen LogP contribution in [0, 0.1) is 0 Å². The van der Waals surface area contributed by atoms with Crippen LogP contribution >= 0.6 is 23.2 Å². The maximum atomic E-state index is 6.31. The van der Waals surface area contributed by atoms with Gasteiger partial charge in [-0.05, 0) is 42.5 Å². The second-order valence-electron chi connectivity index (χ2n) is 6.91. The standard InChI is InChI=1S/C24H13Cl2NO/c25-14-11-15(26)13-16(12-14)27-20-7-3-1-6-19(20)23-21(27)10-9-18-17-5-2-4-8-22(17)28-24(18)23/h1-13H. The fraction of sp³-hybridized carbons (Fsp3) is 0. The molecule has 0 aliphatic heterocycles. The van der Waals surface area contributed by atoms with E-state index in [9.17, 15) is 0 Å². The van der Waals surface area contributed by atoms with E-state index in [2.05, 4.69) is 41.0 Å². The summed E-state index contributed by atoms with van der Waals surface area (Å²) in [6.45, 7) is 0. The predicted molar refractivity (Wildman–Crippen MR) is 118 cm³/mol. The maximum absolute atomic E-state index is 6.31. The third-order valence-corrected chi connectivity index (χ3v) is 5.72. The first-order valence-electron chi connectivity index (χ1n) is 9.00. The number of rotatable bonds is 1. The van der Waals surface area contributed by atoms with Crippen LogP contribution in [0.3, 0.4) is 0 Å². The van der Waals surface area contributed by atoms with E-state index < -0.39 is 0 Å². The Labute approximate surface area is 170 Å². The quantitative estimate of drug-likeness (QED) is 0.273. The molecule has 0 saturated heterocycles. The highest BCUT2D eigenvalue weighted by Crippen LogP contribution is 2.40. The molecule has 0 spiro atoms. The zero-order chi connectivity index (χ0) is 18.8. The number of nitrogens with zero attached hydrogens (tertiary/aromatic N) is 1. The number of furan rings is 1. The topological polar surface area (TPSA) is 18.1 Å². The molecule has 6 rings (SSSR count). The Kier molecular flexibility index (Phi) is 3.31. The van der Waals surface area contributed by atoms with Gasteiger partial charge in [-0.2, -0.15) is 0 Å². The third-order valence-electron chi connectivity index (χ3n) is 5.29. The molecule has 134 valence electrons. The number of para-hydroxylation sites is 2. The Hall–Kier alpha value is -2.94. The lowest BCUT2D eigenvalue weighted by Gasteiger charge is -2.09. The summed E-state index contributed by atoms with van der Waals surface area (Å²) in [6, 6.07) is 26.4. The average Bonchev–Trinajstić information content (AvgIpc) is 3.22. The molecule has 0 bridgehead atoms. The van der Waals surface area contributed by atoms with Crippen molar-refractivity contribution in [2.75, 3.05) is 0 Å². The monoisotopic (exact) mass is 401 g/mol. The lowest BCUT2D eigenvalue weighted by atomic mass is 10.1. The number of halogens is 2. The average molecular weight is 402 g/mol. The van der Waals surface area contributed by atoms with Gasteiger partial charge in [0.25, 0.3) is 0 Å². The van der Waals surface area contributed by atoms with Crippen LogP contribution in [0.15, 0.2) is 83.3 Å². The van der Waals surface area contributed by atoms with Crippen LogP contribution in [0.5, 0.6) is 0 Å². The smallest absolute Gasteiger partial charge is 0.145 e. The molecule has 0 fully saturated rings. The van der Waals surface area contributed by atoms with Crippen LogP contribution in [-0.4, -0.2) is 4.57 Å². The molecule has 0 unspecified atom stereocenters. The van der Waals surface area contributed by atoms with Crippen molar-refractivity contribution in [3.8, 4) is 5.69 Å². The van der Waals surface area contributed by atoms with Crippen LogP contribution in [0.1, 0.15) is 0 Å². The normalized spacial score (nSPS) is 11.9. The van der Waals surface area contributed by atoms with Crippen molar-refractivity contribution in [1.82, 2.24) is 4.57 Å². The lowest BCUT2D eigenvalue weighted by Crippen LogP contribution is -1.93. The first-order chi connectivity index (χ1) is 13.7. The fourth-order valence-corrected chi connectivity index (χ4v) is 4.70.